The average Bonchev–Trinajstić information content (AvgIpc) is 3.05. The smallest absolute Gasteiger partial charge is 0.312 e. The highest BCUT2D eigenvalue weighted by Crippen LogP contribution is 2.42. The molecule has 2 amide bonds. The van der Waals surface area contributed by atoms with Crippen LogP contribution in [0.3, 0.4) is 0 Å². The molecule has 134 valence electrons. The van der Waals surface area contributed by atoms with Gasteiger partial charge in [-0.15, -0.1) is 0 Å². The van der Waals surface area contributed by atoms with Gasteiger partial charge < -0.3 is 5.32 Å². The number of nitrogens with one attached hydrogen (secondary N) is 1. The van der Waals surface area contributed by atoms with Gasteiger partial charge in [0.1, 0.15) is 0 Å². The lowest BCUT2D eigenvalue weighted by molar-refractivity contribution is -0.196. The lowest BCUT2D eigenvalue weighted by atomic mass is 10.1. The van der Waals surface area contributed by atoms with Crippen molar-refractivity contribution in [2.24, 2.45) is 4.99 Å². The normalized spacial score (nSPS) is 25.8. The van der Waals surface area contributed by atoms with Crippen LogP contribution in [0.1, 0.15) is 15.9 Å². The number of amides is 2. The highest BCUT2D eigenvalue weighted by atomic mass is 79.9. The van der Waals surface area contributed by atoms with Crippen LogP contribution in [0.15, 0.2) is 29.3 Å². The first-order chi connectivity index (χ1) is 11.7. The number of thioether (sulfide) groups is 1. The van der Waals surface area contributed by atoms with Crippen molar-refractivity contribution in [3.63, 3.8) is 0 Å². The molecule has 0 unspecified atom stereocenters. The van der Waals surface area contributed by atoms with Gasteiger partial charge in [-0.1, -0.05) is 45.4 Å². The van der Waals surface area contributed by atoms with Gasteiger partial charge >= 0.3 is 11.8 Å². The van der Waals surface area contributed by atoms with Crippen molar-refractivity contribution in [2.75, 3.05) is 11.9 Å². The summed E-state index contributed by atoms with van der Waals surface area (Å²) < 4.78 is 41.1. The Morgan fingerprint density at radius 3 is 2.60 bits per heavy atom. The number of nitrogens with zero attached hydrogens (tertiary/aromatic N) is 2. The molecule has 2 aliphatic heterocycles. The Balaban J connectivity index is 1.94. The fraction of sp³-hybridized carbons (Fsp3) is 0.400. The molecule has 2 aliphatic rings. The molecule has 1 aromatic rings. The second kappa shape index (κ2) is 6.31. The topological polar surface area (TPSA) is 61.8 Å². The summed E-state index contributed by atoms with van der Waals surface area (Å²) >= 11 is 4.33. The molecule has 0 aromatic heterocycles. The van der Waals surface area contributed by atoms with Crippen LogP contribution < -0.4 is 5.32 Å². The maximum absolute atomic E-state index is 13.7. The zero-order valence-electron chi connectivity index (χ0n) is 12.9. The van der Waals surface area contributed by atoms with Crippen LogP contribution in [0.25, 0.3) is 0 Å². The largest absolute Gasteiger partial charge is 0.442 e. The first-order valence-corrected chi connectivity index (χ1v) is 9.28. The van der Waals surface area contributed by atoms with Gasteiger partial charge in [-0.2, -0.15) is 13.2 Å². The molecule has 0 aliphatic carbocycles. The summed E-state index contributed by atoms with van der Waals surface area (Å²) in [5, 5.41) is 2.25. The molecule has 5 nitrogen and oxygen atoms in total. The Hall–Kier alpha value is -1.55. The van der Waals surface area contributed by atoms with E-state index in [9.17, 15) is 22.8 Å². The predicted molar refractivity (Wildman–Crippen MR) is 91.8 cm³/mol. The molecule has 1 aromatic carbocycles. The number of fused-ring (bicyclic) bond motifs is 1. The van der Waals surface area contributed by atoms with E-state index in [1.165, 1.54) is 12.1 Å². The molecular weight excluding hydrogens is 423 g/mol. The van der Waals surface area contributed by atoms with E-state index in [-0.39, 0.29) is 22.5 Å². The van der Waals surface area contributed by atoms with Gasteiger partial charge in [0.05, 0.1) is 0 Å². The minimum Gasteiger partial charge on any atom is -0.312 e. The van der Waals surface area contributed by atoms with E-state index in [4.69, 9.17) is 0 Å². The van der Waals surface area contributed by atoms with Crippen LogP contribution in [0.2, 0.25) is 0 Å². The SMILES string of the molecule is Cc1ccc(C(=O)N[C@]2(C(F)(F)F)N=C3S[C@H](CBr)CN3C2=O)cc1. The van der Waals surface area contributed by atoms with Gasteiger partial charge in [-0.25, -0.2) is 4.99 Å². The minimum absolute atomic E-state index is 0.0176. The van der Waals surface area contributed by atoms with Crippen molar-refractivity contribution < 1.29 is 22.8 Å². The molecule has 2 heterocycles. The highest BCUT2D eigenvalue weighted by molar-refractivity contribution is 9.09. The molecule has 3 rings (SSSR count). The molecular formula is C15H13BrF3N3O2S. The van der Waals surface area contributed by atoms with Crippen LogP contribution in [0, 0.1) is 6.92 Å². The molecule has 25 heavy (non-hydrogen) atoms. The lowest BCUT2D eigenvalue weighted by Crippen LogP contribution is -2.63. The van der Waals surface area contributed by atoms with Crippen molar-refractivity contribution >= 4 is 44.7 Å². The van der Waals surface area contributed by atoms with Crippen LogP contribution >= 0.6 is 27.7 Å². The van der Waals surface area contributed by atoms with Gasteiger partial charge in [0, 0.05) is 22.7 Å². The Morgan fingerprint density at radius 2 is 2.08 bits per heavy atom. The zero-order chi connectivity index (χ0) is 18.4. The molecule has 0 spiro atoms. The third kappa shape index (κ3) is 3.05. The quantitative estimate of drug-likeness (QED) is 0.742. The minimum atomic E-state index is -5.05. The lowest BCUT2D eigenvalue weighted by Gasteiger charge is -2.29. The van der Waals surface area contributed by atoms with Crippen LogP contribution in [0.4, 0.5) is 13.2 Å². The van der Waals surface area contributed by atoms with E-state index in [1.807, 2.05) is 5.32 Å². The monoisotopic (exact) mass is 435 g/mol. The fourth-order valence-electron chi connectivity index (χ4n) is 2.53. The number of aryl methyl sites for hydroxylation is 1. The standard InChI is InChI=1S/C15H13BrF3N3O2S/c1-8-2-4-9(5-3-8)11(23)20-14(15(17,18)19)12(24)22-7-10(6-16)25-13(22)21-14/h2-5,10H,6-7H2,1H3,(H,20,23)/t10-,14+/m1/s1. The van der Waals surface area contributed by atoms with E-state index in [0.717, 1.165) is 22.2 Å². The van der Waals surface area contributed by atoms with Crippen molar-refractivity contribution in [1.82, 2.24) is 10.2 Å². The van der Waals surface area contributed by atoms with E-state index in [0.29, 0.717) is 5.33 Å². The van der Waals surface area contributed by atoms with Gasteiger partial charge in [0.2, 0.25) is 0 Å². The predicted octanol–water partition coefficient (Wildman–Crippen LogP) is 2.69. The third-order valence-electron chi connectivity index (χ3n) is 3.90. The number of hydrogen-bond donors (Lipinski definition) is 1. The van der Waals surface area contributed by atoms with Gasteiger partial charge in [0.25, 0.3) is 11.8 Å². The molecule has 0 radical (unpaired) electrons. The fourth-order valence-corrected chi connectivity index (χ4v) is 4.19. The number of aliphatic imine (C=N–C) groups is 1. The molecule has 1 N–H and O–H groups in total. The van der Waals surface area contributed by atoms with E-state index >= 15 is 0 Å². The first-order valence-electron chi connectivity index (χ1n) is 7.28. The summed E-state index contributed by atoms with van der Waals surface area (Å²) in [7, 11) is 0. The van der Waals surface area contributed by atoms with Gasteiger partial charge in [-0.3, -0.25) is 14.5 Å². The van der Waals surface area contributed by atoms with Crippen LogP contribution in [0.5, 0.6) is 0 Å². The average molecular weight is 436 g/mol. The molecule has 10 heteroatoms. The van der Waals surface area contributed by atoms with E-state index in [2.05, 4.69) is 20.9 Å². The van der Waals surface area contributed by atoms with Crippen molar-refractivity contribution in [3.8, 4) is 0 Å². The summed E-state index contributed by atoms with van der Waals surface area (Å²) in [6.07, 6.45) is -5.05. The second-order valence-electron chi connectivity index (χ2n) is 5.73. The number of benzene rings is 1. The van der Waals surface area contributed by atoms with Crippen LogP contribution in [-0.4, -0.2) is 50.8 Å². The Bertz CT molecular complexity index is 753. The maximum atomic E-state index is 13.7. The van der Waals surface area contributed by atoms with E-state index < -0.39 is 23.7 Å². The van der Waals surface area contributed by atoms with E-state index in [1.54, 1.807) is 19.1 Å². The number of halogens is 4. The van der Waals surface area contributed by atoms with Gasteiger partial charge in [-0.05, 0) is 19.1 Å². The number of rotatable bonds is 3. The molecule has 2 atom stereocenters. The number of carbonyl (C=O) groups excluding carboxylic acids is 2. The number of carbonyl (C=O) groups is 2. The molecule has 1 saturated heterocycles. The summed E-state index contributed by atoms with van der Waals surface area (Å²) in [6, 6.07) is 6.01. The van der Waals surface area contributed by atoms with Crippen LogP contribution in [-0.2, 0) is 4.79 Å². The molecule has 0 bridgehead atoms. The number of hydrogen-bond acceptors (Lipinski definition) is 4. The Kier molecular flexibility index (Phi) is 4.61. The van der Waals surface area contributed by atoms with Gasteiger partial charge in [0.15, 0.2) is 5.17 Å². The second-order valence-corrected chi connectivity index (χ2v) is 7.65. The molecule has 0 saturated carbocycles. The third-order valence-corrected chi connectivity index (χ3v) is 6.28. The first kappa shape index (κ1) is 18.2. The molecule has 1 fully saturated rings. The van der Waals surface area contributed by atoms with Crippen molar-refractivity contribution in [3.05, 3.63) is 35.4 Å². The Morgan fingerprint density at radius 1 is 1.44 bits per heavy atom. The van der Waals surface area contributed by atoms with Crippen molar-refractivity contribution in [2.45, 2.75) is 24.0 Å². The summed E-state index contributed by atoms with van der Waals surface area (Å²) in [5.41, 5.74) is -2.38. The zero-order valence-corrected chi connectivity index (χ0v) is 15.3. The maximum Gasteiger partial charge on any atom is 0.442 e. The summed E-state index contributed by atoms with van der Waals surface area (Å²) in [6.45, 7) is 1.91. The highest BCUT2D eigenvalue weighted by Gasteiger charge is 2.68. The Labute approximate surface area is 154 Å². The summed E-state index contributed by atoms with van der Waals surface area (Å²) in [5.74, 6) is -2.27. The summed E-state index contributed by atoms with van der Waals surface area (Å²) in [4.78, 5) is 29.3. The number of amidine groups is 1. The van der Waals surface area contributed by atoms with Crippen molar-refractivity contribution in [1.29, 1.82) is 0 Å². The number of alkyl halides is 4.